The summed E-state index contributed by atoms with van der Waals surface area (Å²) in [6, 6.07) is 7.08. The first-order valence-electron chi connectivity index (χ1n) is 8.28. The van der Waals surface area contributed by atoms with Gasteiger partial charge < -0.3 is 24.6 Å². The van der Waals surface area contributed by atoms with Crippen LogP contribution in [0.15, 0.2) is 24.3 Å². The van der Waals surface area contributed by atoms with Crippen LogP contribution < -0.4 is 10.1 Å². The smallest absolute Gasteiger partial charge is 0.321 e. The van der Waals surface area contributed by atoms with E-state index in [1.54, 1.807) is 23.0 Å². The number of methoxy groups -OCH3 is 1. The summed E-state index contributed by atoms with van der Waals surface area (Å²) < 4.78 is 10.6. The molecule has 3 amide bonds. The van der Waals surface area contributed by atoms with Crippen LogP contribution in [0.25, 0.3) is 0 Å². The number of amides is 3. The number of ether oxygens (including phenoxy) is 2. The molecule has 2 aliphatic rings. The zero-order valence-electron chi connectivity index (χ0n) is 13.9. The summed E-state index contributed by atoms with van der Waals surface area (Å²) in [4.78, 5) is 28.2. The highest BCUT2D eigenvalue weighted by Gasteiger charge is 2.31. The minimum absolute atomic E-state index is 0.0559. The lowest BCUT2D eigenvalue weighted by atomic mass is 10.2. The number of rotatable bonds is 3. The lowest BCUT2D eigenvalue weighted by molar-refractivity contribution is -0.142. The Morgan fingerprint density at radius 2 is 1.96 bits per heavy atom. The maximum absolute atomic E-state index is 12.3. The normalized spacial score (nSPS) is 20.8. The maximum atomic E-state index is 12.3. The number of carbonyl (C=O) groups is 2. The van der Waals surface area contributed by atoms with Gasteiger partial charge in [-0.1, -0.05) is 6.07 Å². The Kier molecular flexibility index (Phi) is 5.20. The number of urea groups is 1. The number of piperazine rings is 1. The topological polar surface area (TPSA) is 71.1 Å². The van der Waals surface area contributed by atoms with E-state index in [1.165, 1.54) is 0 Å². The Morgan fingerprint density at radius 3 is 2.62 bits per heavy atom. The summed E-state index contributed by atoms with van der Waals surface area (Å²) in [7, 11) is 1.59. The summed E-state index contributed by atoms with van der Waals surface area (Å²) in [6.07, 6.45) is 1.46. The van der Waals surface area contributed by atoms with Crippen LogP contribution in [0.2, 0.25) is 0 Å². The Balaban J connectivity index is 1.50. The molecule has 24 heavy (non-hydrogen) atoms. The molecule has 130 valence electrons. The third-order valence-corrected chi connectivity index (χ3v) is 4.40. The second-order valence-corrected chi connectivity index (χ2v) is 5.98. The molecule has 1 unspecified atom stereocenters. The number of hydrogen-bond donors (Lipinski definition) is 1. The lowest BCUT2D eigenvalue weighted by Gasteiger charge is -2.35. The van der Waals surface area contributed by atoms with Crippen molar-refractivity contribution < 1.29 is 19.1 Å². The molecule has 3 rings (SSSR count). The average molecular weight is 333 g/mol. The fourth-order valence-corrected chi connectivity index (χ4v) is 3.01. The molecule has 0 aliphatic carbocycles. The van der Waals surface area contributed by atoms with E-state index in [0.29, 0.717) is 44.2 Å². The van der Waals surface area contributed by atoms with Crippen LogP contribution in [0.3, 0.4) is 0 Å². The van der Waals surface area contributed by atoms with E-state index in [2.05, 4.69) is 5.32 Å². The summed E-state index contributed by atoms with van der Waals surface area (Å²) in [5.41, 5.74) is 0.692. The SMILES string of the molecule is COc1cccc(NC(=O)N2CCN(C(=O)C3CCCO3)CC2)c1. The van der Waals surface area contributed by atoms with Gasteiger partial charge in [0, 0.05) is 44.5 Å². The Morgan fingerprint density at radius 1 is 1.21 bits per heavy atom. The molecule has 7 heteroatoms. The highest BCUT2D eigenvalue weighted by molar-refractivity contribution is 5.90. The molecule has 0 spiro atoms. The molecule has 2 heterocycles. The van der Waals surface area contributed by atoms with Crippen molar-refractivity contribution >= 4 is 17.6 Å². The maximum Gasteiger partial charge on any atom is 0.321 e. The molecule has 0 radical (unpaired) electrons. The monoisotopic (exact) mass is 333 g/mol. The minimum atomic E-state index is -0.290. The Hall–Kier alpha value is -2.28. The van der Waals surface area contributed by atoms with Crippen molar-refractivity contribution in [2.45, 2.75) is 18.9 Å². The first kappa shape index (κ1) is 16.6. The summed E-state index contributed by atoms with van der Waals surface area (Å²) in [5, 5.41) is 2.86. The van der Waals surface area contributed by atoms with E-state index in [0.717, 1.165) is 12.8 Å². The number of carbonyl (C=O) groups excluding carboxylic acids is 2. The van der Waals surface area contributed by atoms with E-state index in [4.69, 9.17) is 9.47 Å². The van der Waals surface area contributed by atoms with Gasteiger partial charge in [0.2, 0.25) is 0 Å². The molecule has 0 saturated carbocycles. The van der Waals surface area contributed by atoms with Gasteiger partial charge in [-0.25, -0.2) is 4.79 Å². The first-order chi connectivity index (χ1) is 11.7. The Labute approximate surface area is 141 Å². The van der Waals surface area contributed by atoms with E-state index in [1.807, 2.05) is 18.2 Å². The van der Waals surface area contributed by atoms with Crippen LogP contribution in [0.5, 0.6) is 5.75 Å². The molecular formula is C17H23N3O4. The number of anilines is 1. The quantitative estimate of drug-likeness (QED) is 0.911. The van der Waals surface area contributed by atoms with Gasteiger partial charge in [0.1, 0.15) is 11.9 Å². The highest BCUT2D eigenvalue weighted by Crippen LogP contribution is 2.18. The van der Waals surface area contributed by atoms with Crippen LogP contribution in [-0.4, -0.2) is 67.7 Å². The zero-order valence-corrected chi connectivity index (χ0v) is 13.9. The number of hydrogen-bond acceptors (Lipinski definition) is 4. The molecule has 1 atom stereocenters. The van der Waals surface area contributed by atoms with Crippen molar-refractivity contribution in [2.75, 3.05) is 45.2 Å². The average Bonchev–Trinajstić information content (AvgIpc) is 3.16. The van der Waals surface area contributed by atoms with E-state index in [9.17, 15) is 9.59 Å². The van der Waals surface area contributed by atoms with Crippen molar-refractivity contribution in [3.63, 3.8) is 0 Å². The van der Waals surface area contributed by atoms with Crippen LogP contribution >= 0.6 is 0 Å². The molecule has 2 aliphatic heterocycles. The lowest BCUT2D eigenvalue weighted by Crippen LogP contribution is -2.53. The number of benzene rings is 1. The highest BCUT2D eigenvalue weighted by atomic mass is 16.5. The summed E-state index contributed by atoms with van der Waals surface area (Å²) in [5.74, 6) is 0.750. The van der Waals surface area contributed by atoms with E-state index < -0.39 is 0 Å². The second-order valence-electron chi connectivity index (χ2n) is 5.98. The Bertz CT molecular complexity index is 593. The van der Waals surface area contributed by atoms with Gasteiger partial charge in [-0.3, -0.25) is 4.79 Å². The van der Waals surface area contributed by atoms with Gasteiger partial charge in [-0.2, -0.15) is 0 Å². The molecule has 7 nitrogen and oxygen atoms in total. The van der Waals surface area contributed by atoms with Crippen molar-refractivity contribution in [3.05, 3.63) is 24.3 Å². The summed E-state index contributed by atoms with van der Waals surface area (Å²) in [6.45, 7) is 2.80. The fourth-order valence-electron chi connectivity index (χ4n) is 3.01. The molecule has 0 aromatic heterocycles. The van der Waals surface area contributed by atoms with E-state index in [-0.39, 0.29) is 18.0 Å². The van der Waals surface area contributed by atoms with Crippen molar-refractivity contribution in [1.29, 1.82) is 0 Å². The molecule has 2 saturated heterocycles. The fraction of sp³-hybridized carbons (Fsp3) is 0.529. The summed E-state index contributed by atoms with van der Waals surface area (Å²) >= 11 is 0. The number of nitrogens with one attached hydrogen (secondary N) is 1. The van der Waals surface area contributed by atoms with Crippen molar-refractivity contribution in [1.82, 2.24) is 9.80 Å². The van der Waals surface area contributed by atoms with Gasteiger partial charge in [0.25, 0.3) is 5.91 Å². The minimum Gasteiger partial charge on any atom is -0.497 e. The van der Waals surface area contributed by atoms with Crippen molar-refractivity contribution in [2.24, 2.45) is 0 Å². The third kappa shape index (κ3) is 3.79. The zero-order chi connectivity index (χ0) is 16.9. The van der Waals surface area contributed by atoms with Gasteiger partial charge in [-0.15, -0.1) is 0 Å². The van der Waals surface area contributed by atoms with Crippen LogP contribution in [0.1, 0.15) is 12.8 Å². The third-order valence-electron chi connectivity index (χ3n) is 4.40. The van der Waals surface area contributed by atoms with Crippen LogP contribution in [0, 0.1) is 0 Å². The molecular weight excluding hydrogens is 310 g/mol. The standard InChI is InChI=1S/C17H23N3O4/c1-23-14-5-2-4-13(12-14)18-17(22)20-9-7-19(8-10-20)16(21)15-6-3-11-24-15/h2,4-5,12,15H,3,6-11H2,1H3,(H,18,22). The molecule has 2 fully saturated rings. The van der Waals surface area contributed by atoms with Gasteiger partial charge in [0.15, 0.2) is 0 Å². The molecule has 1 N–H and O–H groups in total. The second kappa shape index (κ2) is 7.53. The van der Waals surface area contributed by atoms with Gasteiger partial charge in [0.05, 0.1) is 7.11 Å². The largest absolute Gasteiger partial charge is 0.497 e. The number of nitrogens with zero attached hydrogens (tertiary/aromatic N) is 2. The van der Waals surface area contributed by atoms with Crippen LogP contribution in [0.4, 0.5) is 10.5 Å². The first-order valence-corrected chi connectivity index (χ1v) is 8.28. The predicted molar refractivity (Wildman–Crippen MR) is 89.1 cm³/mol. The van der Waals surface area contributed by atoms with E-state index >= 15 is 0 Å². The molecule has 1 aromatic carbocycles. The van der Waals surface area contributed by atoms with Crippen LogP contribution in [-0.2, 0) is 9.53 Å². The molecule has 1 aromatic rings. The molecule has 0 bridgehead atoms. The predicted octanol–water partition coefficient (Wildman–Crippen LogP) is 1.55. The van der Waals surface area contributed by atoms with Gasteiger partial charge >= 0.3 is 6.03 Å². The van der Waals surface area contributed by atoms with Crippen molar-refractivity contribution in [3.8, 4) is 5.75 Å². The van der Waals surface area contributed by atoms with Gasteiger partial charge in [-0.05, 0) is 25.0 Å².